The Bertz CT molecular complexity index is 559. The molecule has 3 rings (SSSR count). The van der Waals surface area contributed by atoms with Crippen molar-refractivity contribution in [2.24, 2.45) is 11.8 Å². The van der Waals surface area contributed by atoms with Crippen molar-refractivity contribution in [2.45, 2.75) is 19.3 Å². The van der Waals surface area contributed by atoms with Crippen molar-refractivity contribution in [2.75, 3.05) is 4.90 Å². The Hall–Kier alpha value is -2.17. The van der Waals surface area contributed by atoms with Crippen molar-refractivity contribution in [3.05, 3.63) is 29.8 Å². The number of nitrogens with zero attached hydrogens (tertiary/aromatic N) is 1. The smallest absolute Gasteiger partial charge is 0.335 e. The van der Waals surface area contributed by atoms with E-state index in [-0.39, 0.29) is 29.2 Å². The average Bonchev–Trinajstić information content (AvgIpc) is 2.95. The molecule has 2 amide bonds. The molecule has 2 unspecified atom stereocenters. The fourth-order valence-corrected chi connectivity index (χ4v) is 3.02. The Morgan fingerprint density at radius 1 is 1.16 bits per heavy atom. The lowest BCUT2D eigenvalue weighted by Gasteiger charge is -2.16. The van der Waals surface area contributed by atoms with Crippen LogP contribution in [0, 0.1) is 11.8 Å². The lowest BCUT2D eigenvalue weighted by molar-refractivity contribution is -0.122. The van der Waals surface area contributed by atoms with Crippen molar-refractivity contribution >= 4 is 23.5 Å². The molecule has 1 aliphatic carbocycles. The molecule has 98 valence electrons. The molecule has 5 nitrogen and oxygen atoms in total. The minimum absolute atomic E-state index is 0.0789. The molecule has 1 saturated carbocycles. The number of carbonyl (C=O) groups is 3. The van der Waals surface area contributed by atoms with Crippen LogP contribution < -0.4 is 4.90 Å². The molecule has 5 heteroatoms. The number of aromatic carboxylic acids is 1. The first-order valence-corrected chi connectivity index (χ1v) is 6.31. The zero-order valence-corrected chi connectivity index (χ0v) is 10.2. The standard InChI is InChI=1S/C14H13NO4/c16-12-10-5-2-6-11(10)13(17)15(12)9-4-1-3-8(7-9)14(18)19/h1,3-4,7,10-11H,2,5-6H2,(H,18,19). The molecule has 2 fully saturated rings. The zero-order valence-electron chi connectivity index (χ0n) is 10.2. The number of hydrogen-bond acceptors (Lipinski definition) is 3. The SMILES string of the molecule is O=C(O)c1cccc(N2C(=O)C3CCCC3C2=O)c1. The molecule has 1 aromatic rings. The molecule has 1 aliphatic heterocycles. The molecule has 1 saturated heterocycles. The first-order valence-electron chi connectivity index (χ1n) is 6.31. The molecular formula is C14H13NO4. The van der Waals surface area contributed by atoms with Crippen LogP contribution in [-0.4, -0.2) is 22.9 Å². The van der Waals surface area contributed by atoms with E-state index in [0.29, 0.717) is 5.69 Å². The third-order valence-electron chi connectivity index (χ3n) is 3.94. The topological polar surface area (TPSA) is 74.7 Å². The largest absolute Gasteiger partial charge is 0.478 e. The second kappa shape index (κ2) is 4.19. The van der Waals surface area contributed by atoms with Gasteiger partial charge in [0.15, 0.2) is 0 Å². The lowest BCUT2D eigenvalue weighted by Crippen LogP contribution is -2.31. The number of fused-ring (bicyclic) bond motifs is 1. The number of carboxylic acids is 1. The number of carbonyl (C=O) groups excluding carboxylic acids is 2. The number of imide groups is 1. The summed E-state index contributed by atoms with van der Waals surface area (Å²) in [7, 11) is 0. The Morgan fingerprint density at radius 2 is 1.79 bits per heavy atom. The first-order chi connectivity index (χ1) is 9.09. The highest BCUT2D eigenvalue weighted by Crippen LogP contribution is 2.41. The van der Waals surface area contributed by atoms with Crippen LogP contribution in [0.3, 0.4) is 0 Å². The van der Waals surface area contributed by atoms with Gasteiger partial charge in [-0.3, -0.25) is 14.5 Å². The Balaban J connectivity index is 1.98. The fraction of sp³-hybridized carbons (Fsp3) is 0.357. The third-order valence-corrected chi connectivity index (χ3v) is 3.94. The number of anilines is 1. The van der Waals surface area contributed by atoms with Crippen molar-refractivity contribution in [3.8, 4) is 0 Å². The maximum Gasteiger partial charge on any atom is 0.335 e. The van der Waals surface area contributed by atoms with Gasteiger partial charge in [-0.2, -0.15) is 0 Å². The van der Waals surface area contributed by atoms with Gasteiger partial charge in [0, 0.05) is 0 Å². The molecule has 1 N–H and O–H groups in total. The highest BCUT2D eigenvalue weighted by molar-refractivity contribution is 6.22. The summed E-state index contributed by atoms with van der Waals surface area (Å²) in [5.74, 6) is -1.85. The van der Waals surface area contributed by atoms with Gasteiger partial charge in [-0.25, -0.2) is 4.79 Å². The van der Waals surface area contributed by atoms with E-state index < -0.39 is 5.97 Å². The molecule has 2 aliphatic rings. The minimum Gasteiger partial charge on any atom is -0.478 e. The second-order valence-electron chi connectivity index (χ2n) is 5.01. The van der Waals surface area contributed by atoms with E-state index in [2.05, 4.69) is 0 Å². The highest BCUT2D eigenvalue weighted by atomic mass is 16.4. The predicted octanol–water partition coefficient (Wildman–Crippen LogP) is 1.67. The summed E-state index contributed by atoms with van der Waals surface area (Å²) in [6, 6.07) is 5.97. The van der Waals surface area contributed by atoms with Crippen LogP contribution in [0.15, 0.2) is 24.3 Å². The summed E-state index contributed by atoms with van der Waals surface area (Å²) in [4.78, 5) is 36.6. The summed E-state index contributed by atoms with van der Waals surface area (Å²) in [6.07, 6.45) is 2.42. The number of benzene rings is 1. The predicted molar refractivity (Wildman–Crippen MR) is 66.7 cm³/mol. The van der Waals surface area contributed by atoms with Crippen LogP contribution in [0.2, 0.25) is 0 Å². The maximum absolute atomic E-state index is 12.2. The van der Waals surface area contributed by atoms with Gasteiger partial charge in [0.2, 0.25) is 11.8 Å². The first kappa shape index (κ1) is 11.9. The zero-order chi connectivity index (χ0) is 13.6. The van der Waals surface area contributed by atoms with E-state index in [1.165, 1.54) is 12.1 Å². The van der Waals surface area contributed by atoms with Crippen LogP contribution in [0.1, 0.15) is 29.6 Å². The molecule has 19 heavy (non-hydrogen) atoms. The van der Waals surface area contributed by atoms with Crippen molar-refractivity contribution in [1.82, 2.24) is 0 Å². The normalized spacial score (nSPS) is 25.8. The van der Waals surface area contributed by atoms with Crippen LogP contribution in [0.4, 0.5) is 5.69 Å². The number of amides is 2. The molecule has 0 aromatic heterocycles. The Kier molecular flexibility index (Phi) is 2.62. The summed E-state index contributed by atoms with van der Waals surface area (Å²) in [6.45, 7) is 0. The van der Waals surface area contributed by atoms with Gasteiger partial charge in [-0.05, 0) is 31.0 Å². The van der Waals surface area contributed by atoms with E-state index in [1.54, 1.807) is 12.1 Å². The quantitative estimate of drug-likeness (QED) is 0.820. The van der Waals surface area contributed by atoms with Gasteiger partial charge in [-0.15, -0.1) is 0 Å². The molecule has 0 bridgehead atoms. The van der Waals surface area contributed by atoms with Crippen LogP contribution >= 0.6 is 0 Å². The van der Waals surface area contributed by atoms with Gasteiger partial charge in [-0.1, -0.05) is 12.5 Å². The van der Waals surface area contributed by atoms with E-state index in [9.17, 15) is 14.4 Å². The van der Waals surface area contributed by atoms with Crippen LogP contribution in [0.5, 0.6) is 0 Å². The highest BCUT2D eigenvalue weighted by Gasteiger charge is 2.50. The van der Waals surface area contributed by atoms with Gasteiger partial charge in [0.05, 0.1) is 23.1 Å². The third kappa shape index (κ3) is 1.73. The number of rotatable bonds is 2. The molecule has 0 spiro atoms. The van der Waals surface area contributed by atoms with Gasteiger partial charge < -0.3 is 5.11 Å². The fourth-order valence-electron chi connectivity index (χ4n) is 3.02. The molecule has 1 heterocycles. The van der Waals surface area contributed by atoms with E-state index in [4.69, 9.17) is 5.11 Å². The van der Waals surface area contributed by atoms with Crippen molar-refractivity contribution in [3.63, 3.8) is 0 Å². The van der Waals surface area contributed by atoms with E-state index in [1.807, 2.05) is 0 Å². The van der Waals surface area contributed by atoms with Crippen LogP contribution in [0.25, 0.3) is 0 Å². The minimum atomic E-state index is -1.07. The van der Waals surface area contributed by atoms with Gasteiger partial charge in [0.1, 0.15) is 0 Å². The summed E-state index contributed by atoms with van der Waals surface area (Å²) in [5, 5.41) is 8.96. The van der Waals surface area contributed by atoms with Gasteiger partial charge in [0.25, 0.3) is 0 Å². The van der Waals surface area contributed by atoms with Crippen LogP contribution in [-0.2, 0) is 9.59 Å². The van der Waals surface area contributed by atoms with Crippen molar-refractivity contribution < 1.29 is 19.5 Å². The summed E-state index contributed by atoms with van der Waals surface area (Å²) in [5.41, 5.74) is 0.444. The van der Waals surface area contributed by atoms with Crippen molar-refractivity contribution in [1.29, 1.82) is 0 Å². The summed E-state index contributed by atoms with van der Waals surface area (Å²) >= 11 is 0. The Labute approximate surface area is 109 Å². The van der Waals surface area contributed by atoms with E-state index in [0.717, 1.165) is 24.2 Å². The summed E-state index contributed by atoms with van der Waals surface area (Å²) < 4.78 is 0. The molecule has 0 radical (unpaired) electrons. The lowest BCUT2D eigenvalue weighted by atomic mass is 10.00. The van der Waals surface area contributed by atoms with E-state index >= 15 is 0 Å². The average molecular weight is 259 g/mol. The monoisotopic (exact) mass is 259 g/mol. The van der Waals surface area contributed by atoms with Gasteiger partial charge >= 0.3 is 5.97 Å². The second-order valence-corrected chi connectivity index (χ2v) is 5.01. The number of hydrogen-bond donors (Lipinski definition) is 1. The number of carboxylic acid groups (broad SMARTS) is 1. The maximum atomic E-state index is 12.2. The molecule has 1 aromatic carbocycles. The molecular weight excluding hydrogens is 246 g/mol. The Morgan fingerprint density at radius 3 is 2.37 bits per heavy atom. The molecule has 2 atom stereocenters.